The van der Waals surface area contributed by atoms with Crippen molar-refractivity contribution in [3.05, 3.63) is 85.1 Å². The minimum absolute atomic E-state index is 0. The molecule has 4 aromatic rings. The molecular formula is C25H28BrN3O. The van der Waals surface area contributed by atoms with Gasteiger partial charge >= 0.3 is 0 Å². The Labute approximate surface area is 189 Å². The van der Waals surface area contributed by atoms with E-state index >= 15 is 0 Å². The first-order valence-corrected chi connectivity index (χ1v) is 10.5. The average Bonchev–Trinajstić information content (AvgIpc) is 3.43. The summed E-state index contributed by atoms with van der Waals surface area (Å²) in [7, 11) is 0. The predicted molar refractivity (Wildman–Crippen MR) is 115 cm³/mol. The summed E-state index contributed by atoms with van der Waals surface area (Å²) in [6, 6.07) is 18.5. The number of unbranched alkanes of at least 4 members (excludes halogenated alkanes) is 3. The number of hydrogen-bond acceptors (Lipinski definition) is 2. The Morgan fingerprint density at radius 3 is 2.50 bits per heavy atom. The molecule has 5 heteroatoms. The molecule has 0 radical (unpaired) electrons. The summed E-state index contributed by atoms with van der Waals surface area (Å²) in [5.41, 5.74) is 3.30. The van der Waals surface area contributed by atoms with E-state index in [1.54, 1.807) is 6.20 Å². The number of oxazole rings is 1. The van der Waals surface area contributed by atoms with Gasteiger partial charge in [0.1, 0.15) is 18.9 Å². The van der Waals surface area contributed by atoms with Gasteiger partial charge in [-0.05, 0) is 30.5 Å². The number of nitrogens with zero attached hydrogens (tertiary/aromatic N) is 3. The maximum Gasteiger partial charge on any atom is 0.244 e. The van der Waals surface area contributed by atoms with Crippen molar-refractivity contribution in [1.29, 1.82) is 0 Å². The highest BCUT2D eigenvalue weighted by molar-refractivity contribution is 5.61. The van der Waals surface area contributed by atoms with Gasteiger partial charge in [0.2, 0.25) is 12.2 Å². The molecule has 2 heterocycles. The lowest BCUT2D eigenvalue weighted by Crippen LogP contribution is -3.00. The zero-order valence-electron chi connectivity index (χ0n) is 17.4. The van der Waals surface area contributed by atoms with Crippen LogP contribution in [0.4, 0.5) is 0 Å². The summed E-state index contributed by atoms with van der Waals surface area (Å²) in [4.78, 5) is 4.45. The molecule has 156 valence electrons. The Kier molecular flexibility index (Phi) is 8.03. The second kappa shape index (κ2) is 10.9. The van der Waals surface area contributed by atoms with Gasteiger partial charge in [-0.3, -0.25) is 0 Å². The highest BCUT2D eigenvalue weighted by Gasteiger charge is 2.09. The van der Waals surface area contributed by atoms with Gasteiger partial charge in [-0.2, -0.15) is 0 Å². The fourth-order valence-electron chi connectivity index (χ4n) is 3.49. The lowest BCUT2D eigenvalue weighted by Gasteiger charge is -2.01. The fraction of sp³-hybridized carbons (Fsp3) is 0.280. The Bertz CT molecular complexity index is 1020. The van der Waals surface area contributed by atoms with Gasteiger partial charge in [0.15, 0.2) is 5.76 Å². The Morgan fingerprint density at radius 1 is 0.933 bits per heavy atom. The van der Waals surface area contributed by atoms with Crippen molar-refractivity contribution in [2.45, 2.75) is 45.7 Å². The molecule has 0 unspecified atom stereocenters. The topological polar surface area (TPSA) is 34.8 Å². The van der Waals surface area contributed by atoms with Gasteiger partial charge in [0.05, 0.1) is 12.7 Å². The van der Waals surface area contributed by atoms with Crippen LogP contribution in [0.2, 0.25) is 0 Å². The van der Waals surface area contributed by atoms with E-state index in [0.29, 0.717) is 5.89 Å². The molecule has 0 saturated heterocycles. The van der Waals surface area contributed by atoms with E-state index in [0.717, 1.165) is 30.0 Å². The van der Waals surface area contributed by atoms with Crippen LogP contribution in [0.3, 0.4) is 0 Å². The number of benzene rings is 2. The summed E-state index contributed by atoms with van der Waals surface area (Å²) in [5.74, 6) is 1.45. The third-order valence-electron chi connectivity index (χ3n) is 5.15. The van der Waals surface area contributed by atoms with Crippen LogP contribution in [0.15, 0.2) is 83.9 Å². The van der Waals surface area contributed by atoms with Gasteiger partial charge < -0.3 is 21.4 Å². The van der Waals surface area contributed by atoms with E-state index in [1.165, 1.54) is 31.2 Å². The van der Waals surface area contributed by atoms with E-state index in [1.807, 2.05) is 30.3 Å². The van der Waals surface area contributed by atoms with Crippen molar-refractivity contribution >= 4 is 0 Å². The summed E-state index contributed by atoms with van der Waals surface area (Å²) in [6.07, 6.45) is 13.5. The number of halogens is 1. The van der Waals surface area contributed by atoms with Gasteiger partial charge in [-0.15, -0.1) is 0 Å². The Balaban J connectivity index is 0.00000256. The fourth-order valence-corrected chi connectivity index (χ4v) is 3.49. The molecule has 30 heavy (non-hydrogen) atoms. The minimum atomic E-state index is 0. The monoisotopic (exact) mass is 465 g/mol. The number of rotatable bonds is 9. The van der Waals surface area contributed by atoms with Crippen molar-refractivity contribution in [3.63, 3.8) is 0 Å². The first kappa shape index (κ1) is 22.0. The number of aromatic nitrogens is 3. The molecule has 0 saturated carbocycles. The zero-order chi connectivity index (χ0) is 19.9. The van der Waals surface area contributed by atoms with Crippen LogP contribution >= 0.6 is 0 Å². The molecule has 0 amide bonds. The molecule has 4 rings (SSSR count). The molecule has 0 fully saturated rings. The van der Waals surface area contributed by atoms with Crippen LogP contribution in [-0.2, 0) is 13.1 Å². The van der Waals surface area contributed by atoms with Crippen molar-refractivity contribution in [2.75, 3.05) is 0 Å². The molecule has 4 nitrogen and oxygen atoms in total. The predicted octanol–water partition coefficient (Wildman–Crippen LogP) is 2.73. The van der Waals surface area contributed by atoms with E-state index in [4.69, 9.17) is 4.42 Å². The first-order valence-electron chi connectivity index (χ1n) is 10.5. The van der Waals surface area contributed by atoms with Crippen molar-refractivity contribution in [3.8, 4) is 22.8 Å². The van der Waals surface area contributed by atoms with Crippen molar-refractivity contribution in [2.24, 2.45) is 0 Å². The van der Waals surface area contributed by atoms with E-state index in [2.05, 4.69) is 64.0 Å². The zero-order valence-corrected chi connectivity index (χ0v) is 19.0. The molecule has 0 atom stereocenters. The Morgan fingerprint density at radius 2 is 1.73 bits per heavy atom. The van der Waals surface area contributed by atoms with E-state index in [9.17, 15) is 0 Å². The third-order valence-corrected chi connectivity index (χ3v) is 5.15. The van der Waals surface area contributed by atoms with Gasteiger partial charge in [0, 0.05) is 11.1 Å². The van der Waals surface area contributed by atoms with Crippen LogP contribution in [0.1, 0.15) is 38.2 Å². The Hall–Kier alpha value is -2.66. The summed E-state index contributed by atoms with van der Waals surface area (Å²) in [5, 5.41) is 0. The molecule has 0 aliphatic heterocycles. The normalized spacial score (nSPS) is 10.7. The summed E-state index contributed by atoms with van der Waals surface area (Å²) < 4.78 is 10.5. The summed E-state index contributed by atoms with van der Waals surface area (Å²) >= 11 is 0. The first-order chi connectivity index (χ1) is 14.3. The molecular weight excluding hydrogens is 438 g/mol. The average molecular weight is 466 g/mol. The highest BCUT2D eigenvalue weighted by atomic mass is 79.9. The molecule has 0 spiro atoms. The van der Waals surface area contributed by atoms with Gasteiger partial charge in [0.25, 0.3) is 0 Å². The lowest BCUT2D eigenvalue weighted by atomic mass is 10.1. The van der Waals surface area contributed by atoms with Crippen LogP contribution in [0.25, 0.3) is 22.8 Å². The van der Waals surface area contributed by atoms with E-state index < -0.39 is 0 Å². The SMILES string of the molecule is CCCCCCn1cc[n+](Cc2ccc(-c3ncc(-c4ccccc4)o3)cc2)c1.[Br-]. The van der Waals surface area contributed by atoms with Crippen molar-refractivity contribution in [1.82, 2.24) is 9.55 Å². The lowest BCUT2D eigenvalue weighted by molar-refractivity contribution is -0.687. The minimum Gasteiger partial charge on any atom is -1.00 e. The highest BCUT2D eigenvalue weighted by Crippen LogP contribution is 2.25. The molecule has 0 aliphatic rings. The number of aryl methyl sites for hydroxylation is 1. The molecule has 2 aromatic heterocycles. The smallest absolute Gasteiger partial charge is 0.244 e. The molecule has 2 aromatic carbocycles. The van der Waals surface area contributed by atoms with Crippen LogP contribution in [0, 0.1) is 0 Å². The van der Waals surface area contributed by atoms with Crippen LogP contribution < -0.4 is 21.5 Å². The number of imidazole rings is 1. The standard InChI is InChI=1S/C25H28N3O.BrH/c1-2-3-4-8-15-27-16-17-28(20-27)19-21-11-13-23(14-12-21)25-26-18-24(29-25)22-9-6-5-7-10-22;/h5-7,9-14,16-18,20H,2-4,8,15,19H2,1H3;1H/q+1;/p-1. The van der Waals surface area contributed by atoms with Gasteiger partial charge in [-0.25, -0.2) is 14.1 Å². The molecule has 0 N–H and O–H groups in total. The second-order valence-electron chi connectivity index (χ2n) is 7.48. The van der Waals surface area contributed by atoms with Gasteiger partial charge in [-0.1, -0.05) is 62.2 Å². The maximum absolute atomic E-state index is 5.95. The van der Waals surface area contributed by atoms with Crippen molar-refractivity contribution < 1.29 is 26.0 Å². The molecule has 0 bridgehead atoms. The third kappa shape index (κ3) is 5.70. The van der Waals surface area contributed by atoms with Crippen LogP contribution in [0.5, 0.6) is 0 Å². The summed E-state index contributed by atoms with van der Waals surface area (Å²) in [6.45, 7) is 4.21. The van der Waals surface area contributed by atoms with E-state index in [-0.39, 0.29) is 17.0 Å². The van der Waals surface area contributed by atoms with Crippen LogP contribution in [-0.4, -0.2) is 9.55 Å². The second-order valence-corrected chi connectivity index (χ2v) is 7.48. The molecule has 0 aliphatic carbocycles. The largest absolute Gasteiger partial charge is 1.00 e. The number of hydrogen-bond donors (Lipinski definition) is 0. The maximum atomic E-state index is 5.95. The quantitative estimate of drug-likeness (QED) is 0.281.